The highest BCUT2D eigenvalue weighted by Gasteiger charge is 2.15. The largest absolute Gasteiger partial charge is 0.489 e. The van der Waals surface area contributed by atoms with Gasteiger partial charge in [0.2, 0.25) is 5.91 Å². The second-order valence-corrected chi connectivity index (χ2v) is 7.45. The molecule has 0 aromatic heterocycles. The standard InChI is InChI=1S/C25H35NO2/c1-3-5-6-7-11-16-23(4-2)25(27)26-19-22-15-12-17-24(18-22)28-20-21-13-9-8-10-14-21/h8-10,12-15,17-18,23H,3-7,11,16,19-20H2,1-2H3,(H,26,27). The van der Waals surface area contributed by atoms with Crippen LogP contribution < -0.4 is 10.1 Å². The van der Waals surface area contributed by atoms with E-state index in [2.05, 4.69) is 31.3 Å². The molecule has 0 aliphatic heterocycles. The Balaban J connectivity index is 1.76. The van der Waals surface area contributed by atoms with E-state index in [9.17, 15) is 4.79 Å². The molecule has 1 atom stereocenters. The van der Waals surface area contributed by atoms with Crippen molar-refractivity contribution in [3.05, 3.63) is 65.7 Å². The average Bonchev–Trinajstić information content (AvgIpc) is 2.74. The van der Waals surface area contributed by atoms with Crippen LogP contribution in [0.15, 0.2) is 54.6 Å². The summed E-state index contributed by atoms with van der Waals surface area (Å²) < 4.78 is 5.88. The first kappa shape index (κ1) is 22.0. The van der Waals surface area contributed by atoms with Gasteiger partial charge >= 0.3 is 0 Å². The molecular formula is C25H35NO2. The van der Waals surface area contributed by atoms with Gasteiger partial charge in [-0.1, -0.05) is 88.4 Å². The van der Waals surface area contributed by atoms with Gasteiger partial charge in [0, 0.05) is 12.5 Å². The molecule has 0 saturated heterocycles. The third kappa shape index (κ3) is 8.16. The minimum absolute atomic E-state index is 0.124. The lowest BCUT2D eigenvalue weighted by atomic mass is 9.97. The van der Waals surface area contributed by atoms with Crippen molar-refractivity contribution in [3.8, 4) is 5.75 Å². The fourth-order valence-electron chi connectivity index (χ4n) is 3.33. The van der Waals surface area contributed by atoms with Crippen molar-refractivity contribution in [1.82, 2.24) is 5.32 Å². The number of hydrogen-bond donors (Lipinski definition) is 1. The number of carbonyl (C=O) groups excluding carboxylic acids is 1. The normalized spacial score (nSPS) is 11.8. The van der Waals surface area contributed by atoms with E-state index in [0.717, 1.165) is 36.1 Å². The molecule has 2 rings (SSSR count). The van der Waals surface area contributed by atoms with Gasteiger partial charge in [0.15, 0.2) is 0 Å². The van der Waals surface area contributed by atoms with E-state index in [1.165, 1.54) is 25.7 Å². The number of carbonyl (C=O) groups is 1. The van der Waals surface area contributed by atoms with E-state index in [1.54, 1.807) is 0 Å². The number of hydrogen-bond acceptors (Lipinski definition) is 2. The highest BCUT2D eigenvalue weighted by molar-refractivity contribution is 5.78. The Labute approximate surface area is 170 Å². The highest BCUT2D eigenvalue weighted by Crippen LogP contribution is 2.17. The second-order valence-electron chi connectivity index (χ2n) is 7.45. The first-order valence-corrected chi connectivity index (χ1v) is 10.8. The summed E-state index contributed by atoms with van der Waals surface area (Å²) in [7, 11) is 0. The Morgan fingerprint density at radius 2 is 1.68 bits per heavy atom. The molecule has 3 nitrogen and oxygen atoms in total. The van der Waals surface area contributed by atoms with Gasteiger partial charge in [-0.2, -0.15) is 0 Å². The summed E-state index contributed by atoms with van der Waals surface area (Å²) in [5, 5.41) is 3.11. The SMILES string of the molecule is CCCCCCCC(CC)C(=O)NCc1cccc(OCc2ccccc2)c1. The second kappa shape index (κ2) is 13.0. The maximum atomic E-state index is 12.5. The first-order chi connectivity index (χ1) is 13.7. The van der Waals surface area contributed by atoms with Crippen LogP contribution in [0.1, 0.15) is 69.9 Å². The molecule has 0 bridgehead atoms. The summed E-state index contributed by atoms with van der Waals surface area (Å²) in [5.41, 5.74) is 2.21. The Morgan fingerprint density at radius 3 is 2.43 bits per heavy atom. The summed E-state index contributed by atoms with van der Waals surface area (Å²) in [6, 6.07) is 18.1. The number of ether oxygens (including phenoxy) is 1. The van der Waals surface area contributed by atoms with Gasteiger partial charge < -0.3 is 10.1 Å². The summed E-state index contributed by atoms with van der Waals surface area (Å²) in [4.78, 5) is 12.5. The van der Waals surface area contributed by atoms with Crippen LogP contribution in [-0.4, -0.2) is 5.91 Å². The lowest BCUT2D eigenvalue weighted by Crippen LogP contribution is -2.30. The van der Waals surface area contributed by atoms with Gasteiger partial charge in [-0.15, -0.1) is 0 Å². The number of amides is 1. The minimum Gasteiger partial charge on any atom is -0.489 e. The Bertz CT molecular complexity index is 684. The first-order valence-electron chi connectivity index (χ1n) is 10.8. The van der Waals surface area contributed by atoms with E-state index < -0.39 is 0 Å². The summed E-state index contributed by atoms with van der Waals surface area (Å²) in [6.07, 6.45) is 8.11. The molecule has 0 spiro atoms. The molecular weight excluding hydrogens is 346 g/mol. The van der Waals surface area contributed by atoms with E-state index >= 15 is 0 Å². The van der Waals surface area contributed by atoms with E-state index in [-0.39, 0.29) is 11.8 Å². The number of benzene rings is 2. The van der Waals surface area contributed by atoms with Crippen molar-refractivity contribution in [2.45, 2.75) is 71.9 Å². The molecule has 152 valence electrons. The molecule has 0 heterocycles. The Hall–Kier alpha value is -2.29. The van der Waals surface area contributed by atoms with Crippen molar-refractivity contribution in [2.75, 3.05) is 0 Å². The van der Waals surface area contributed by atoms with Gasteiger partial charge in [0.25, 0.3) is 0 Å². The van der Waals surface area contributed by atoms with Crippen molar-refractivity contribution in [1.29, 1.82) is 0 Å². The number of unbranched alkanes of at least 4 members (excludes halogenated alkanes) is 4. The summed E-state index contributed by atoms with van der Waals surface area (Å²) >= 11 is 0. The third-order valence-corrected chi connectivity index (χ3v) is 5.13. The zero-order valence-corrected chi connectivity index (χ0v) is 17.5. The number of nitrogens with one attached hydrogen (secondary N) is 1. The minimum atomic E-state index is 0.124. The smallest absolute Gasteiger partial charge is 0.223 e. The van der Waals surface area contributed by atoms with Crippen LogP contribution in [0.25, 0.3) is 0 Å². The molecule has 1 amide bonds. The van der Waals surface area contributed by atoms with Crippen LogP contribution in [-0.2, 0) is 17.9 Å². The molecule has 0 radical (unpaired) electrons. The molecule has 3 heteroatoms. The van der Waals surface area contributed by atoms with Crippen LogP contribution in [0.3, 0.4) is 0 Å². The van der Waals surface area contributed by atoms with Gasteiger partial charge in [-0.3, -0.25) is 4.79 Å². The lowest BCUT2D eigenvalue weighted by molar-refractivity contribution is -0.125. The molecule has 0 aliphatic carbocycles. The fraction of sp³-hybridized carbons (Fsp3) is 0.480. The average molecular weight is 382 g/mol. The molecule has 2 aromatic rings. The Morgan fingerprint density at radius 1 is 0.929 bits per heavy atom. The molecule has 0 fully saturated rings. The summed E-state index contributed by atoms with van der Waals surface area (Å²) in [5.74, 6) is 1.13. The third-order valence-electron chi connectivity index (χ3n) is 5.13. The zero-order chi connectivity index (χ0) is 20.0. The van der Waals surface area contributed by atoms with Gasteiger partial charge in [0.05, 0.1) is 0 Å². The van der Waals surface area contributed by atoms with E-state index in [4.69, 9.17) is 4.74 Å². The molecule has 1 N–H and O–H groups in total. The number of rotatable bonds is 13. The van der Waals surface area contributed by atoms with Crippen LogP contribution >= 0.6 is 0 Å². The van der Waals surface area contributed by atoms with Crippen LogP contribution in [0.2, 0.25) is 0 Å². The van der Waals surface area contributed by atoms with E-state index in [1.807, 2.05) is 42.5 Å². The van der Waals surface area contributed by atoms with Gasteiger partial charge in [0.1, 0.15) is 12.4 Å². The maximum absolute atomic E-state index is 12.5. The van der Waals surface area contributed by atoms with Crippen LogP contribution in [0, 0.1) is 5.92 Å². The maximum Gasteiger partial charge on any atom is 0.223 e. The predicted octanol–water partition coefficient (Wildman–Crippen LogP) is 6.27. The fourth-order valence-corrected chi connectivity index (χ4v) is 3.33. The van der Waals surface area contributed by atoms with Gasteiger partial charge in [-0.25, -0.2) is 0 Å². The molecule has 2 aromatic carbocycles. The lowest BCUT2D eigenvalue weighted by Gasteiger charge is -2.15. The van der Waals surface area contributed by atoms with Gasteiger partial charge in [-0.05, 0) is 36.1 Å². The quantitative estimate of drug-likeness (QED) is 0.415. The van der Waals surface area contributed by atoms with E-state index in [0.29, 0.717) is 13.2 Å². The van der Waals surface area contributed by atoms with Crippen molar-refractivity contribution in [2.24, 2.45) is 5.92 Å². The highest BCUT2D eigenvalue weighted by atomic mass is 16.5. The topological polar surface area (TPSA) is 38.3 Å². The van der Waals surface area contributed by atoms with Crippen molar-refractivity contribution in [3.63, 3.8) is 0 Å². The molecule has 0 saturated carbocycles. The van der Waals surface area contributed by atoms with Crippen LogP contribution in [0.4, 0.5) is 0 Å². The monoisotopic (exact) mass is 381 g/mol. The zero-order valence-electron chi connectivity index (χ0n) is 17.5. The Kier molecular flexibility index (Phi) is 10.2. The summed E-state index contributed by atoms with van der Waals surface area (Å²) in [6.45, 7) is 5.43. The van der Waals surface area contributed by atoms with Crippen molar-refractivity contribution >= 4 is 5.91 Å². The van der Waals surface area contributed by atoms with Crippen LogP contribution in [0.5, 0.6) is 5.75 Å². The molecule has 28 heavy (non-hydrogen) atoms. The molecule has 1 unspecified atom stereocenters. The predicted molar refractivity (Wildman–Crippen MR) is 116 cm³/mol. The molecule has 0 aliphatic rings. The van der Waals surface area contributed by atoms with Crippen molar-refractivity contribution < 1.29 is 9.53 Å².